The standard InChI is InChI=1S/C18H22N5O10P/c1-30-8-2-10(24)9(4-19-16-13-17(21-6-20-13)23-7-22-16)11(3-8)32-18-15(26)14(25)12(33-18)5-31-34(27,28)29/h2-3,6-7,12,14-15,18,24-26H,4-5H2,1H3,(H2,27,28,29)(H2,19,20,21,22,23)/t12-,14-,15-,18?/m1/s1. The van der Waals surface area contributed by atoms with Crippen molar-refractivity contribution in [3.8, 4) is 17.2 Å². The van der Waals surface area contributed by atoms with Crippen LogP contribution in [0.3, 0.4) is 0 Å². The Labute approximate surface area is 191 Å². The van der Waals surface area contributed by atoms with Crippen LogP contribution in [-0.2, 0) is 20.4 Å². The molecule has 0 bridgehead atoms. The Bertz CT molecular complexity index is 1200. The van der Waals surface area contributed by atoms with Crippen LogP contribution in [0.2, 0.25) is 0 Å². The maximum absolute atomic E-state index is 10.9. The molecule has 1 aliphatic heterocycles. The molecule has 15 nitrogen and oxygen atoms in total. The van der Waals surface area contributed by atoms with Crippen molar-refractivity contribution in [3.63, 3.8) is 0 Å². The Morgan fingerprint density at radius 2 is 2.00 bits per heavy atom. The number of ether oxygens (including phenoxy) is 3. The van der Waals surface area contributed by atoms with Crippen LogP contribution < -0.4 is 14.8 Å². The van der Waals surface area contributed by atoms with E-state index in [1.165, 1.54) is 31.9 Å². The van der Waals surface area contributed by atoms with Gasteiger partial charge in [-0.05, 0) is 0 Å². The molecule has 4 rings (SSSR count). The van der Waals surface area contributed by atoms with Gasteiger partial charge in [0.05, 0.1) is 25.6 Å². The maximum Gasteiger partial charge on any atom is 0.469 e. The quantitative estimate of drug-likeness (QED) is 0.186. The first-order valence-electron chi connectivity index (χ1n) is 9.82. The first-order chi connectivity index (χ1) is 16.2. The number of aliphatic hydroxyl groups excluding tert-OH is 2. The number of nitrogens with zero attached hydrogens (tertiary/aromatic N) is 3. The van der Waals surface area contributed by atoms with Gasteiger partial charge < -0.3 is 49.6 Å². The van der Waals surface area contributed by atoms with E-state index in [0.717, 1.165) is 0 Å². The number of anilines is 1. The van der Waals surface area contributed by atoms with Gasteiger partial charge in [-0.15, -0.1) is 0 Å². The molecule has 4 atom stereocenters. The van der Waals surface area contributed by atoms with E-state index in [-0.39, 0.29) is 29.4 Å². The highest BCUT2D eigenvalue weighted by Gasteiger charge is 2.45. The summed E-state index contributed by atoms with van der Waals surface area (Å²) in [5.74, 6) is 0.493. The molecule has 3 heterocycles. The molecule has 16 heteroatoms. The van der Waals surface area contributed by atoms with Crippen LogP contribution in [0.1, 0.15) is 5.56 Å². The third-order valence-electron chi connectivity index (χ3n) is 5.02. The van der Waals surface area contributed by atoms with Crippen molar-refractivity contribution >= 4 is 24.8 Å². The molecule has 1 fully saturated rings. The van der Waals surface area contributed by atoms with Gasteiger partial charge in [0.25, 0.3) is 0 Å². The largest absolute Gasteiger partial charge is 0.507 e. The lowest BCUT2D eigenvalue weighted by molar-refractivity contribution is -0.116. The number of aromatic amines is 1. The number of phenolic OH excluding ortho intramolecular Hbond substituents is 1. The number of hydrogen-bond donors (Lipinski definition) is 7. The highest BCUT2D eigenvalue weighted by molar-refractivity contribution is 7.46. The number of aromatic nitrogens is 4. The third-order valence-corrected chi connectivity index (χ3v) is 5.50. The van der Waals surface area contributed by atoms with Crippen LogP contribution in [0.4, 0.5) is 5.82 Å². The van der Waals surface area contributed by atoms with Gasteiger partial charge in [-0.1, -0.05) is 0 Å². The minimum Gasteiger partial charge on any atom is -0.507 e. The molecule has 34 heavy (non-hydrogen) atoms. The zero-order valence-electron chi connectivity index (χ0n) is 17.6. The summed E-state index contributed by atoms with van der Waals surface area (Å²) in [4.78, 5) is 32.8. The Morgan fingerprint density at radius 3 is 2.74 bits per heavy atom. The van der Waals surface area contributed by atoms with E-state index in [1.807, 2.05) is 0 Å². The molecular formula is C18H22N5O10P. The summed E-state index contributed by atoms with van der Waals surface area (Å²) in [6, 6.07) is 2.79. The van der Waals surface area contributed by atoms with Crippen LogP contribution in [0.5, 0.6) is 17.2 Å². The molecule has 1 aromatic carbocycles. The molecule has 3 aromatic rings. The lowest BCUT2D eigenvalue weighted by atomic mass is 10.1. The second-order valence-electron chi connectivity index (χ2n) is 7.23. The van der Waals surface area contributed by atoms with Gasteiger partial charge in [-0.25, -0.2) is 19.5 Å². The Balaban J connectivity index is 1.54. The molecule has 0 amide bonds. The van der Waals surface area contributed by atoms with E-state index in [0.29, 0.717) is 17.0 Å². The number of phosphoric acid groups is 1. The molecule has 2 aromatic heterocycles. The van der Waals surface area contributed by atoms with Crippen molar-refractivity contribution in [1.82, 2.24) is 19.9 Å². The maximum atomic E-state index is 10.9. The van der Waals surface area contributed by atoms with Gasteiger partial charge in [0, 0.05) is 18.7 Å². The van der Waals surface area contributed by atoms with Gasteiger partial charge in [0.2, 0.25) is 6.29 Å². The lowest BCUT2D eigenvalue weighted by Gasteiger charge is -2.21. The zero-order chi connectivity index (χ0) is 24.5. The number of methoxy groups -OCH3 is 1. The zero-order valence-corrected chi connectivity index (χ0v) is 18.5. The Kier molecular flexibility index (Phi) is 6.86. The summed E-state index contributed by atoms with van der Waals surface area (Å²) >= 11 is 0. The molecule has 184 valence electrons. The number of imidazole rings is 1. The number of benzene rings is 1. The van der Waals surface area contributed by atoms with Crippen molar-refractivity contribution in [2.24, 2.45) is 0 Å². The number of rotatable bonds is 9. The molecule has 0 spiro atoms. The van der Waals surface area contributed by atoms with E-state index < -0.39 is 39.0 Å². The number of phosphoric ester groups is 1. The Hall–Kier alpha value is -3.04. The number of fused-ring (bicyclic) bond motifs is 1. The summed E-state index contributed by atoms with van der Waals surface area (Å²) in [5.41, 5.74) is 1.23. The average molecular weight is 499 g/mol. The third kappa shape index (κ3) is 5.20. The van der Waals surface area contributed by atoms with Crippen LogP contribution in [0.25, 0.3) is 11.2 Å². The van der Waals surface area contributed by atoms with Gasteiger partial charge in [0.15, 0.2) is 11.5 Å². The van der Waals surface area contributed by atoms with E-state index in [1.54, 1.807) is 0 Å². The fraction of sp³-hybridized carbons (Fsp3) is 0.389. The number of aromatic hydroxyl groups is 1. The van der Waals surface area contributed by atoms with Gasteiger partial charge in [-0.2, -0.15) is 0 Å². The smallest absolute Gasteiger partial charge is 0.469 e. The molecule has 1 saturated heterocycles. The predicted octanol–water partition coefficient (Wildman–Crippen LogP) is -0.386. The molecule has 1 aliphatic rings. The number of aliphatic hydroxyl groups is 2. The monoisotopic (exact) mass is 499 g/mol. The highest BCUT2D eigenvalue weighted by atomic mass is 31.2. The van der Waals surface area contributed by atoms with Crippen LogP contribution >= 0.6 is 7.82 Å². The van der Waals surface area contributed by atoms with Crippen molar-refractivity contribution in [2.75, 3.05) is 19.0 Å². The molecular weight excluding hydrogens is 477 g/mol. The number of nitrogens with one attached hydrogen (secondary N) is 2. The second kappa shape index (κ2) is 9.68. The lowest BCUT2D eigenvalue weighted by Crippen LogP contribution is -2.36. The fourth-order valence-corrected chi connectivity index (χ4v) is 3.66. The fourth-order valence-electron chi connectivity index (χ4n) is 3.32. The minimum atomic E-state index is -4.82. The van der Waals surface area contributed by atoms with Gasteiger partial charge in [0.1, 0.15) is 47.4 Å². The summed E-state index contributed by atoms with van der Waals surface area (Å²) < 4.78 is 31.6. The van der Waals surface area contributed by atoms with E-state index in [9.17, 15) is 19.9 Å². The predicted molar refractivity (Wildman–Crippen MR) is 113 cm³/mol. The molecule has 0 saturated carbocycles. The van der Waals surface area contributed by atoms with Crippen LogP contribution in [0.15, 0.2) is 24.8 Å². The van der Waals surface area contributed by atoms with Crippen molar-refractivity contribution in [3.05, 3.63) is 30.4 Å². The van der Waals surface area contributed by atoms with Crippen molar-refractivity contribution in [2.45, 2.75) is 31.1 Å². The summed E-state index contributed by atoms with van der Waals surface area (Å²) in [7, 11) is -3.43. The molecule has 0 radical (unpaired) electrons. The first-order valence-corrected chi connectivity index (χ1v) is 11.4. The number of H-pyrrole nitrogens is 1. The first kappa shape index (κ1) is 24.1. The normalized spacial score (nSPS) is 22.7. The number of hydrogen-bond acceptors (Lipinski definition) is 12. The van der Waals surface area contributed by atoms with Crippen molar-refractivity contribution in [1.29, 1.82) is 0 Å². The average Bonchev–Trinajstić information content (AvgIpc) is 3.37. The molecule has 0 aliphatic carbocycles. The topological polar surface area (TPSA) is 222 Å². The SMILES string of the molecule is COc1cc(O)c(CNc2ncnc3nc[nH]c23)c(OC2O[C@H](COP(=O)(O)O)[C@@H](O)[C@H]2O)c1. The summed E-state index contributed by atoms with van der Waals surface area (Å²) in [6.45, 7) is -0.680. The highest BCUT2D eigenvalue weighted by Crippen LogP contribution is 2.39. The van der Waals surface area contributed by atoms with E-state index in [2.05, 4.69) is 29.8 Å². The van der Waals surface area contributed by atoms with Crippen LogP contribution in [-0.4, -0.2) is 83.4 Å². The summed E-state index contributed by atoms with van der Waals surface area (Å²) in [5, 5.41) is 34.1. The van der Waals surface area contributed by atoms with Gasteiger partial charge >= 0.3 is 7.82 Å². The molecule has 1 unspecified atom stereocenters. The van der Waals surface area contributed by atoms with E-state index in [4.69, 9.17) is 24.0 Å². The minimum absolute atomic E-state index is 0.00636. The van der Waals surface area contributed by atoms with Crippen LogP contribution in [0, 0.1) is 0 Å². The molecule has 7 N–H and O–H groups in total. The Morgan fingerprint density at radius 1 is 1.21 bits per heavy atom. The van der Waals surface area contributed by atoms with Gasteiger partial charge in [-0.3, -0.25) is 4.52 Å². The van der Waals surface area contributed by atoms with E-state index >= 15 is 0 Å². The second-order valence-corrected chi connectivity index (χ2v) is 8.47. The van der Waals surface area contributed by atoms with Crippen molar-refractivity contribution < 1.29 is 48.4 Å². The number of phenols is 1. The summed E-state index contributed by atoms with van der Waals surface area (Å²) in [6.07, 6.45) is -3.06.